The van der Waals surface area contributed by atoms with Gasteiger partial charge >= 0.3 is 0 Å². The first-order chi connectivity index (χ1) is 18.9. The van der Waals surface area contributed by atoms with Crippen molar-refractivity contribution in [1.29, 1.82) is 0 Å². The van der Waals surface area contributed by atoms with E-state index in [1.807, 2.05) is 25.3 Å². The highest BCUT2D eigenvalue weighted by Gasteiger charge is 2.24. The monoisotopic (exact) mass is 519 g/mol. The van der Waals surface area contributed by atoms with Gasteiger partial charge in [0.25, 0.3) is 0 Å². The third-order valence-corrected chi connectivity index (χ3v) is 8.23. The van der Waals surface area contributed by atoms with E-state index in [2.05, 4.69) is 71.3 Å². The number of halogens is 1. The lowest BCUT2D eigenvalue weighted by atomic mass is 9.80. The highest BCUT2D eigenvalue weighted by Crippen LogP contribution is 2.35. The Kier molecular flexibility index (Phi) is 6.90. The summed E-state index contributed by atoms with van der Waals surface area (Å²) in [6.07, 6.45) is 5.64. The van der Waals surface area contributed by atoms with Gasteiger partial charge in [0.05, 0.1) is 17.6 Å². The van der Waals surface area contributed by atoms with Gasteiger partial charge in [-0.3, -0.25) is 4.98 Å². The average molecular weight is 520 g/mol. The first-order valence-corrected chi connectivity index (χ1v) is 13.8. The van der Waals surface area contributed by atoms with E-state index in [0.29, 0.717) is 18.4 Å². The molecular weight excluding hydrogens is 485 g/mol. The Morgan fingerprint density at radius 1 is 0.974 bits per heavy atom. The van der Waals surface area contributed by atoms with E-state index in [0.717, 1.165) is 59.5 Å². The smallest absolute Gasteiger partial charge is 0.123 e. The van der Waals surface area contributed by atoms with Crippen LogP contribution in [0.15, 0.2) is 72.9 Å². The summed E-state index contributed by atoms with van der Waals surface area (Å²) in [5, 5.41) is 0. The van der Waals surface area contributed by atoms with E-state index < -0.39 is 0 Å². The van der Waals surface area contributed by atoms with E-state index in [9.17, 15) is 4.39 Å². The Morgan fingerprint density at radius 3 is 2.62 bits per heavy atom. The molecule has 2 atom stereocenters. The van der Waals surface area contributed by atoms with Crippen molar-refractivity contribution >= 4 is 11.0 Å². The fourth-order valence-corrected chi connectivity index (χ4v) is 5.97. The summed E-state index contributed by atoms with van der Waals surface area (Å²) in [6, 6.07) is 22.0. The summed E-state index contributed by atoms with van der Waals surface area (Å²) >= 11 is 0. The number of pyridine rings is 1. The van der Waals surface area contributed by atoms with Crippen LogP contribution in [0.5, 0.6) is 5.75 Å². The molecule has 0 radical (unpaired) electrons. The maximum Gasteiger partial charge on any atom is 0.123 e. The van der Waals surface area contributed by atoms with Gasteiger partial charge in [-0.15, -0.1) is 0 Å². The maximum atomic E-state index is 13.5. The number of aromatic amines is 1. The normalized spacial score (nSPS) is 17.3. The Hall–Kier alpha value is -3.99. The van der Waals surface area contributed by atoms with E-state index in [1.165, 1.54) is 39.9 Å². The third kappa shape index (κ3) is 5.44. The van der Waals surface area contributed by atoms with Gasteiger partial charge in [-0.05, 0) is 127 Å². The number of ether oxygens (including phenoxy) is 1. The van der Waals surface area contributed by atoms with Gasteiger partial charge < -0.3 is 9.72 Å². The van der Waals surface area contributed by atoms with Gasteiger partial charge in [0.2, 0.25) is 0 Å². The number of aryl methyl sites for hydroxylation is 2. The Balaban J connectivity index is 1.24. The van der Waals surface area contributed by atoms with Gasteiger partial charge in [0.1, 0.15) is 17.4 Å². The van der Waals surface area contributed by atoms with Crippen molar-refractivity contribution in [1.82, 2.24) is 15.0 Å². The summed E-state index contributed by atoms with van der Waals surface area (Å²) in [5.74, 6) is 2.70. The van der Waals surface area contributed by atoms with Crippen molar-refractivity contribution in [3.63, 3.8) is 0 Å². The molecule has 1 N–H and O–H groups in total. The summed E-state index contributed by atoms with van der Waals surface area (Å²) in [6.45, 7) is 7.14. The molecule has 3 heterocycles. The molecule has 0 fully saturated rings. The van der Waals surface area contributed by atoms with Gasteiger partial charge in [-0.25, -0.2) is 9.37 Å². The quantitative estimate of drug-likeness (QED) is 0.258. The van der Waals surface area contributed by atoms with Crippen LogP contribution in [0.3, 0.4) is 0 Å². The molecule has 2 aromatic heterocycles. The second-order valence-electron chi connectivity index (χ2n) is 11.0. The molecule has 1 aliphatic rings. The molecule has 3 aromatic carbocycles. The molecule has 0 saturated carbocycles. The second kappa shape index (κ2) is 10.6. The molecule has 0 aliphatic carbocycles. The number of benzene rings is 3. The largest absolute Gasteiger partial charge is 0.493 e. The minimum atomic E-state index is -0.203. The Morgan fingerprint density at radius 2 is 1.77 bits per heavy atom. The zero-order valence-corrected chi connectivity index (χ0v) is 22.8. The first kappa shape index (κ1) is 25.3. The molecule has 6 rings (SSSR count). The highest BCUT2D eigenvalue weighted by atomic mass is 19.1. The zero-order chi connectivity index (χ0) is 26.9. The van der Waals surface area contributed by atoms with Crippen molar-refractivity contribution in [3.05, 3.63) is 113 Å². The van der Waals surface area contributed by atoms with Gasteiger partial charge in [-0.1, -0.05) is 31.2 Å². The zero-order valence-electron chi connectivity index (χ0n) is 22.8. The molecule has 5 heteroatoms. The van der Waals surface area contributed by atoms with Crippen LogP contribution in [0.2, 0.25) is 0 Å². The second-order valence-corrected chi connectivity index (χ2v) is 11.0. The molecule has 198 valence electrons. The van der Waals surface area contributed by atoms with E-state index in [-0.39, 0.29) is 5.82 Å². The molecule has 1 aliphatic heterocycles. The summed E-state index contributed by atoms with van der Waals surface area (Å²) in [4.78, 5) is 12.5. The van der Waals surface area contributed by atoms with Gasteiger partial charge in [-0.2, -0.15) is 0 Å². The van der Waals surface area contributed by atoms with Crippen molar-refractivity contribution in [2.75, 3.05) is 6.61 Å². The van der Waals surface area contributed by atoms with E-state index >= 15 is 0 Å². The molecule has 39 heavy (non-hydrogen) atoms. The summed E-state index contributed by atoms with van der Waals surface area (Å²) in [7, 11) is 0. The molecule has 0 saturated heterocycles. The van der Waals surface area contributed by atoms with Crippen LogP contribution in [0, 0.1) is 31.5 Å². The topological polar surface area (TPSA) is 50.8 Å². The van der Waals surface area contributed by atoms with Crippen LogP contribution in [-0.2, 0) is 19.3 Å². The van der Waals surface area contributed by atoms with Crippen molar-refractivity contribution in [3.8, 4) is 16.9 Å². The summed E-state index contributed by atoms with van der Waals surface area (Å²) < 4.78 is 19.8. The lowest BCUT2D eigenvalue weighted by Crippen LogP contribution is -2.23. The summed E-state index contributed by atoms with van der Waals surface area (Å²) in [5.41, 5.74) is 10.4. The number of rotatable bonds is 5. The fourth-order valence-electron chi connectivity index (χ4n) is 5.97. The van der Waals surface area contributed by atoms with Crippen LogP contribution in [0.25, 0.3) is 22.2 Å². The van der Waals surface area contributed by atoms with Crippen molar-refractivity contribution in [2.24, 2.45) is 11.8 Å². The molecule has 5 aromatic rings. The van der Waals surface area contributed by atoms with E-state index in [1.54, 1.807) is 0 Å². The maximum absolute atomic E-state index is 13.5. The highest BCUT2D eigenvalue weighted by molar-refractivity contribution is 5.82. The Labute approximate surface area is 229 Å². The fraction of sp³-hybridized carbons (Fsp3) is 0.294. The molecular formula is C34H34FN3O. The van der Waals surface area contributed by atoms with Crippen molar-refractivity contribution < 1.29 is 9.13 Å². The van der Waals surface area contributed by atoms with E-state index in [4.69, 9.17) is 4.74 Å². The van der Waals surface area contributed by atoms with Crippen LogP contribution in [0.4, 0.5) is 4.39 Å². The molecule has 2 unspecified atom stereocenters. The average Bonchev–Trinajstić information content (AvgIpc) is 3.30. The van der Waals surface area contributed by atoms with Crippen molar-refractivity contribution in [2.45, 2.75) is 46.5 Å². The molecule has 0 amide bonds. The third-order valence-electron chi connectivity index (χ3n) is 8.23. The molecule has 0 bridgehead atoms. The van der Waals surface area contributed by atoms with Crippen LogP contribution < -0.4 is 4.74 Å². The number of aromatic nitrogens is 3. The predicted molar refractivity (Wildman–Crippen MR) is 155 cm³/mol. The predicted octanol–water partition coefficient (Wildman–Crippen LogP) is 7.79. The molecule has 4 nitrogen and oxygen atoms in total. The minimum absolute atomic E-state index is 0.203. The number of hydrogen-bond acceptors (Lipinski definition) is 3. The Bertz CT molecular complexity index is 1620. The van der Waals surface area contributed by atoms with Crippen LogP contribution >= 0.6 is 0 Å². The first-order valence-electron chi connectivity index (χ1n) is 13.8. The SMILES string of the molecule is Cc1nc2ccc(-c3ccc4c(c3)CC(C)C(Cc3ccnc(C)c3Cc3ccc(F)cc3)CCO4)cc2[nH]1. The number of fused-ring (bicyclic) bond motifs is 2. The molecule has 0 spiro atoms. The standard InChI is InChI=1S/C34H34FN3O/c1-21-16-29-19-26(27-6-10-32-33(20-27)38-23(3)37-32)7-11-34(29)39-15-13-25(21)18-28-12-14-36-22(2)31(28)17-24-4-8-30(35)9-5-24/h4-12,14,19-21,25H,13,15-18H2,1-3H3,(H,37,38). The van der Waals surface area contributed by atoms with Gasteiger partial charge in [0.15, 0.2) is 0 Å². The van der Waals surface area contributed by atoms with Crippen LogP contribution in [0.1, 0.15) is 47.1 Å². The van der Waals surface area contributed by atoms with Gasteiger partial charge in [0, 0.05) is 11.9 Å². The number of nitrogens with zero attached hydrogens (tertiary/aromatic N) is 2. The minimum Gasteiger partial charge on any atom is -0.493 e. The number of nitrogens with one attached hydrogen (secondary N) is 1. The number of imidazole rings is 1. The number of hydrogen-bond donors (Lipinski definition) is 1. The van der Waals surface area contributed by atoms with Crippen LogP contribution in [-0.4, -0.2) is 21.6 Å². The lowest BCUT2D eigenvalue weighted by molar-refractivity contribution is 0.221. The number of H-pyrrole nitrogens is 1. The lowest BCUT2D eigenvalue weighted by Gasteiger charge is -2.29.